The predicted molar refractivity (Wildman–Crippen MR) is 154 cm³/mol. The first-order valence-corrected chi connectivity index (χ1v) is 15.6. The molecule has 2 aromatic rings. The Morgan fingerprint density at radius 1 is 1.08 bits per heavy atom. The Bertz CT molecular complexity index is 1230. The molecule has 0 heterocycles. The fourth-order valence-corrected chi connectivity index (χ4v) is 6.17. The molecular weight excluding hydrogens is 522 g/mol. The number of nitrogens with zero attached hydrogens (tertiary/aromatic N) is 2. The van der Waals surface area contributed by atoms with Gasteiger partial charge in [-0.1, -0.05) is 66.8 Å². The van der Waals surface area contributed by atoms with Gasteiger partial charge in [-0.25, -0.2) is 8.42 Å². The number of halogens is 1. The lowest BCUT2D eigenvalue weighted by molar-refractivity contribution is -0.141. The van der Waals surface area contributed by atoms with Crippen molar-refractivity contribution in [3.05, 3.63) is 64.2 Å². The van der Waals surface area contributed by atoms with Gasteiger partial charge in [-0.2, -0.15) is 0 Å². The van der Waals surface area contributed by atoms with Gasteiger partial charge in [-0.05, 0) is 63.3 Å². The molecule has 1 atom stereocenters. The maximum Gasteiger partial charge on any atom is 0.242 e. The largest absolute Gasteiger partial charge is 0.352 e. The van der Waals surface area contributed by atoms with E-state index < -0.39 is 16.1 Å². The van der Waals surface area contributed by atoms with Crippen LogP contribution in [0, 0.1) is 13.8 Å². The lowest BCUT2D eigenvalue weighted by Gasteiger charge is -2.31. The first-order valence-electron chi connectivity index (χ1n) is 13.3. The summed E-state index contributed by atoms with van der Waals surface area (Å²) in [5.74, 6) is -0.334. The highest BCUT2D eigenvalue weighted by Gasteiger charge is 2.28. The SMILES string of the molecule is Cc1cccc(CN(C(=O)CCCN(c2cc(Cl)ccc2C)S(C)(=O)=O)[C@H](C)C(=O)NC2CCCCC2)c1. The van der Waals surface area contributed by atoms with Crippen LogP contribution in [0.2, 0.25) is 5.02 Å². The molecule has 0 unspecified atom stereocenters. The zero-order valence-electron chi connectivity index (χ0n) is 22.9. The molecule has 7 nitrogen and oxygen atoms in total. The molecule has 38 heavy (non-hydrogen) atoms. The van der Waals surface area contributed by atoms with E-state index in [1.54, 1.807) is 30.0 Å². The summed E-state index contributed by atoms with van der Waals surface area (Å²) in [5.41, 5.74) is 3.31. The summed E-state index contributed by atoms with van der Waals surface area (Å²) in [6.45, 7) is 6.03. The predicted octanol–water partition coefficient (Wildman–Crippen LogP) is 5.37. The zero-order chi connectivity index (χ0) is 27.9. The molecule has 1 aliphatic carbocycles. The van der Waals surface area contributed by atoms with Gasteiger partial charge < -0.3 is 10.2 Å². The topological polar surface area (TPSA) is 86.8 Å². The number of aryl methyl sites for hydroxylation is 2. The zero-order valence-corrected chi connectivity index (χ0v) is 24.4. The minimum atomic E-state index is -3.59. The molecule has 0 aliphatic heterocycles. The van der Waals surface area contributed by atoms with E-state index >= 15 is 0 Å². The van der Waals surface area contributed by atoms with Crippen LogP contribution in [0.15, 0.2) is 42.5 Å². The van der Waals surface area contributed by atoms with Gasteiger partial charge in [0.15, 0.2) is 0 Å². The summed E-state index contributed by atoms with van der Waals surface area (Å²) in [6, 6.07) is 12.5. The minimum absolute atomic E-state index is 0.110. The van der Waals surface area contributed by atoms with Gasteiger partial charge in [0, 0.05) is 30.6 Å². The van der Waals surface area contributed by atoms with Gasteiger partial charge in [0.2, 0.25) is 21.8 Å². The standard InChI is InChI=1S/C29H40ClN3O4S/c1-21-10-8-11-24(18-21)20-32(23(3)29(35)31-26-12-6-5-7-13-26)28(34)14-9-17-33(38(4,36)37)27-19-25(30)16-15-22(27)2/h8,10-11,15-16,18-19,23,26H,5-7,9,12-14,17,20H2,1-4H3,(H,31,35)/t23-/m1/s1. The fraction of sp³-hybridized carbons (Fsp3) is 0.517. The normalized spacial score (nSPS) is 15.1. The summed E-state index contributed by atoms with van der Waals surface area (Å²) in [4.78, 5) is 28.3. The van der Waals surface area contributed by atoms with Crippen molar-refractivity contribution in [2.75, 3.05) is 17.1 Å². The summed E-state index contributed by atoms with van der Waals surface area (Å²) in [5, 5.41) is 3.59. The van der Waals surface area contributed by atoms with Crippen LogP contribution in [-0.2, 0) is 26.2 Å². The second-order valence-corrected chi connectivity index (χ2v) is 12.7. The van der Waals surface area contributed by atoms with E-state index in [0.717, 1.165) is 48.6 Å². The first kappa shape index (κ1) is 30.0. The van der Waals surface area contributed by atoms with Crippen molar-refractivity contribution >= 4 is 39.1 Å². The Morgan fingerprint density at radius 3 is 2.45 bits per heavy atom. The van der Waals surface area contributed by atoms with Crippen molar-refractivity contribution in [3.63, 3.8) is 0 Å². The van der Waals surface area contributed by atoms with Gasteiger partial charge in [0.1, 0.15) is 6.04 Å². The molecule has 0 bridgehead atoms. The highest BCUT2D eigenvalue weighted by atomic mass is 35.5. The minimum Gasteiger partial charge on any atom is -0.352 e. The van der Waals surface area contributed by atoms with Gasteiger partial charge in [0.05, 0.1) is 11.9 Å². The Labute approximate surface area is 232 Å². The van der Waals surface area contributed by atoms with Gasteiger partial charge in [-0.15, -0.1) is 0 Å². The number of hydrogen-bond acceptors (Lipinski definition) is 4. The number of carbonyl (C=O) groups is 2. The van der Waals surface area contributed by atoms with E-state index in [1.165, 1.54) is 10.7 Å². The van der Waals surface area contributed by atoms with Crippen molar-refractivity contribution < 1.29 is 18.0 Å². The molecule has 1 aliphatic rings. The average molecular weight is 562 g/mol. The van der Waals surface area contributed by atoms with Crippen LogP contribution >= 0.6 is 11.6 Å². The van der Waals surface area contributed by atoms with Crippen molar-refractivity contribution in [1.82, 2.24) is 10.2 Å². The highest BCUT2D eigenvalue weighted by Crippen LogP contribution is 2.27. The van der Waals surface area contributed by atoms with E-state index in [4.69, 9.17) is 11.6 Å². The molecule has 1 saturated carbocycles. The maximum atomic E-state index is 13.5. The van der Waals surface area contributed by atoms with Crippen LogP contribution in [0.3, 0.4) is 0 Å². The van der Waals surface area contributed by atoms with Gasteiger partial charge in [0.25, 0.3) is 0 Å². The molecule has 2 amide bonds. The molecule has 0 aromatic heterocycles. The van der Waals surface area contributed by atoms with Gasteiger partial charge in [-0.3, -0.25) is 13.9 Å². The van der Waals surface area contributed by atoms with Crippen LogP contribution in [0.25, 0.3) is 0 Å². The number of rotatable bonds is 11. The first-order chi connectivity index (χ1) is 18.0. The summed E-state index contributed by atoms with van der Waals surface area (Å²) in [6.07, 6.45) is 6.90. The third-order valence-electron chi connectivity index (χ3n) is 7.15. The van der Waals surface area contributed by atoms with Crippen LogP contribution in [-0.4, -0.2) is 50.0 Å². The quantitative estimate of drug-likeness (QED) is 0.399. The summed E-state index contributed by atoms with van der Waals surface area (Å²) < 4.78 is 26.5. The van der Waals surface area contributed by atoms with Crippen molar-refractivity contribution in [1.29, 1.82) is 0 Å². The molecule has 1 fully saturated rings. The number of amides is 2. The molecule has 9 heteroatoms. The lowest BCUT2D eigenvalue weighted by Crippen LogP contribution is -2.50. The number of hydrogen-bond donors (Lipinski definition) is 1. The Morgan fingerprint density at radius 2 is 1.79 bits per heavy atom. The van der Waals surface area contributed by atoms with E-state index in [-0.39, 0.29) is 30.8 Å². The lowest BCUT2D eigenvalue weighted by atomic mass is 9.95. The molecule has 0 spiro atoms. The fourth-order valence-electron chi connectivity index (χ4n) is 4.99. The number of sulfonamides is 1. The number of nitrogens with one attached hydrogen (secondary N) is 1. The molecule has 0 radical (unpaired) electrons. The maximum absolute atomic E-state index is 13.5. The average Bonchev–Trinajstić information content (AvgIpc) is 2.86. The summed E-state index contributed by atoms with van der Waals surface area (Å²) >= 11 is 6.14. The van der Waals surface area contributed by atoms with Crippen molar-refractivity contribution in [3.8, 4) is 0 Å². The van der Waals surface area contributed by atoms with E-state index in [9.17, 15) is 18.0 Å². The Kier molecular flexibility index (Phi) is 10.6. The monoisotopic (exact) mass is 561 g/mol. The van der Waals surface area contributed by atoms with E-state index in [1.807, 2.05) is 38.1 Å². The Balaban J connectivity index is 1.74. The number of benzene rings is 2. The highest BCUT2D eigenvalue weighted by molar-refractivity contribution is 7.92. The second kappa shape index (κ2) is 13.5. The molecule has 1 N–H and O–H groups in total. The van der Waals surface area contributed by atoms with Crippen molar-refractivity contribution in [2.24, 2.45) is 0 Å². The summed E-state index contributed by atoms with van der Waals surface area (Å²) in [7, 11) is -3.59. The molecule has 3 rings (SSSR count). The van der Waals surface area contributed by atoms with E-state index in [0.29, 0.717) is 23.7 Å². The third kappa shape index (κ3) is 8.46. The smallest absolute Gasteiger partial charge is 0.242 e. The van der Waals surface area contributed by atoms with Crippen LogP contribution in [0.5, 0.6) is 0 Å². The number of anilines is 1. The van der Waals surface area contributed by atoms with Gasteiger partial charge >= 0.3 is 0 Å². The number of carbonyl (C=O) groups excluding carboxylic acids is 2. The Hall–Kier alpha value is -2.58. The molecule has 208 valence electrons. The van der Waals surface area contributed by atoms with Crippen LogP contribution in [0.1, 0.15) is 68.6 Å². The van der Waals surface area contributed by atoms with Crippen LogP contribution < -0.4 is 9.62 Å². The van der Waals surface area contributed by atoms with E-state index in [2.05, 4.69) is 5.32 Å². The molecule has 2 aromatic carbocycles. The molecular formula is C29H40ClN3O4S. The third-order valence-corrected chi connectivity index (χ3v) is 8.56. The second-order valence-electron chi connectivity index (χ2n) is 10.4. The molecule has 0 saturated heterocycles. The van der Waals surface area contributed by atoms with Crippen molar-refractivity contribution in [2.45, 2.75) is 84.3 Å². The van der Waals surface area contributed by atoms with Crippen LogP contribution in [0.4, 0.5) is 5.69 Å².